The largest absolute Gasteiger partial charge is 0.480 e. The third-order valence-corrected chi connectivity index (χ3v) is 5.49. The van der Waals surface area contributed by atoms with Crippen molar-refractivity contribution in [2.45, 2.75) is 19.1 Å². The van der Waals surface area contributed by atoms with Gasteiger partial charge < -0.3 is 14.7 Å². The SMILES string of the molecule is O=C(O)CN1C[C@@H]2COC[C@H](C1)N(C(=O)CN1Cc3ccccc3C1)C2. The highest BCUT2D eigenvalue weighted by Gasteiger charge is 2.37. The van der Waals surface area contributed by atoms with Crippen LogP contribution in [0.15, 0.2) is 24.3 Å². The second-order valence-corrected chi connectivity index (χ2v) is 7.61. The van der Waals surface area contributed by atoms with Crippen LogP contribution in [0.5, 0.6) is 0 Å². The number of amides is 1. The molecule has 1 aromatic carbocycles. The van der Waals surface area contributed by atoms with Crippen molar-refractivity contribution in [1.82, 2.24) is 14.7 Å². The number of ether oxygens (including phenoxy) is 1. The summed E-state index contributed by atoms with van der Waals surface area (Å²) in [5.74, 6) is -0.532. The Balaban J connectivity index is 1.42. The number of fused-ring (bicyclic) bond motifs is 4. The molecule has 2 fully saturated rings. The van der Waals surface area contributed by atoms with Gasteiger partial charge in [0.1, 0.15) is 0 Å². The molecule has 0 saturated carbocycles. The van der Waals surface area contributed by atoms with E-state index in [9.17, 15) is 9.59 Å². The van der Waals surface area contributed by atoms with Crippen LogP contribution in [0.2, 0.25) is 0 Å². The maximum atomic E-state index is 13.0. The Hall–Kier alpha value is -1.96. The van der Waals surface area contributed by atoms with E-state index in [1.54, 1.807) is 0 Å². The first-order chi connectivity index (χ1) is 12.6. The molecule has 2 saturated heterocycles. The maximum Gasteiger partial charge on any atom is 0.317 e. The molecule has 0 radical (unpaired) electrons. The van der Waals surface area contributed by atoms with Gasteiger partial charge in [0, 0.05) is 38.6 Å². The van der Waals surface area contributed by atoms with Gasteiger partial charge in [-0.3, -0.25) is 19.4 Å². The highest BCUT2D eigenvalue weighted by Crippen LogP contribution is 2.24. The Labute approximate surface area is 153 Å². The van der Waals surface area contributed by atoms with Crippen LogP contribution in [-0.4, -0.2) is 83.7 Å². The van der Waals surface area contributed by atoms with Crippen molar-refractivity contribution in [3.63, 3.8) is 0 Å². The van der Waals surface area contributed by atoms with E-state index < -0.39 is 5.97 Å². The van der Waals surface area contributed by atoms with Crippen LogP contribution in [-0.2, 0) is 27.4 Å². The number of carbonyl (C=O) groups is 2. The number of carboxylic acid groups (broad SMARTS) is 1. The monoisotopic (exact) mass is 359 g/mol. The molecule has 4 rings (SSSR count). The lowest BCUT2D eigenvalue weighted by molar-refractivity contribution is -0.138. The van der Waals surface area contributed by atoms with Crippen LogP contribution in [0.25, 0.3) is 0 Å². The summed E-state index contributed by atoms with van der Waals surface area (Å²) in [6.07, 6.45) is 0. The Kier molecular flexibility index (Phi) is 4.93. The summed E-state index contributed by atoms with van der Waals surface area (Å²) in [5, 5.41) is 9.11. The van der Waals surface area contributed by atoms with E-state index >= 15 is 0 Å². The van der Waals surface area contributed by atoms with Crippen molar-refractivity contribution < 1.29 is 19.4 Å². The van der Waals surface area contributed by atoms with Gasteiger partial charge in [-0.25, -0.2) is 0 Å². The van der Waals surface area contributed by atoms with Gasteiger partial charge in [0.25, 0.3) is 0 Å². The molecule has 3 aliphatic rings. The Bertz CT molecular complexity index is 670. The van der Waals surface area contributed by atoms with E-state index in [4.69, 9.17) is 9.84 Å². The second-order valence-electron chi connectivity index (χ2n) is 7.61. The lowest BCUT2D eigenvalue weighted by Gasteiger charge is -2.31. The molecule has 2 bridgehead atoms. The summed E-state index contributed by atoms with van der Waals surface area (Å²) in [5.41, 5.74) is 2.59. The molecule has 2 atom stereocenters. The molecule has 3 aliphatic heterocycles. The van der Waals surface area contributed by atoms with Crippen LogP contribution in [0.1, 0.15) is 11.1 Å². The van der Waals surface area contributed by atoms with Gasteiger partial charge in [-0.1, -0.05) is 24.3 Å². The van der Waals surface area contributed by atoms with Crippen LogP contribution in [0.4, 0.5) is 0 Å². The maximum absolute atomic E-state index is 13.0. The third-order valence-electron chi connectivity index (χ3n) is 5.49. The zero-order valence-electron chi connectivity index (χ0n) is 14.8. The molecule has 3 heterocycles. The van der Waals surface area contributed by atoms with Gasteiger partial charge in [0.2, 0.25) is 5.91 Å². The van der Waals surface area contributed by atoms with Crippen molar-refractivity contribution in [2.24, 2.45) is 5.92 Å². The number of rotatable bonds is 4. The quantitative estimate of drug-likeness (QED) is 0.831. The topological polar surface area (TPSA) is 73.3 Å². The molecule has 1 N–H and O–H groups in total. The summed E-state index contributed by atoms with van der Waals surface area (Å²) in [6.45, 7) is 5.01. The first-order valence-electron chi connectivity index (χ1n) is 9.19. The van der Waals surface area contributed by atoms with E-state index in [2.05, 4.69) is 17.0 Å². The fourth-order valence-corrected chi connectivity index (χ4v) is 4.36. The van der Waals surface area contributed by atoms with Crippen molar-refractivity contribution in [3.05, 3.63) is 35.4 Å². The molecule has 0 aromatic heterocycles. The summed E-state index contributed by atoms with van der Waals surface area (Å²) in [4.78, 5) is 30.2. The fraction of sp³-hybridized carbons (Fsp3) is 0.579. The Morgan fingerprint density at radius 3 is 2.42 bits per heavy atom. The van der Waals surface area contributed by atoms with Gasteiger partial charge in [0.15, 0.2) is 0 Å². The van der Waals surface area contributed by atoms with Gasteiger partial charge in [-0.2, -0.15) is 0 Å². The molecule has 7 heteroatoms. The number of hydrogen-bond acceptors (Lipinski definition) is 5. The molecule has 0 spiro atoms. The molecule has 26 heavy (non-hydrogen) atoms. The van der Waals surface area contributed by atoms with E-state index in [0.717, 1.165) is 13.1 Å². The molecule has 0 unspecified atom stereocenters. The highest BCUT2D eigenvalue weighted by molar-refractivity contribution is 5.79. The van der Waals surface area contributed by atoms with Crippen molar-refractivity contribution in [3.8, 4) is 0 Å². The minimum Gasteiger partial charge on any atom is -0.480 e. The van der Waals surface area contributed by atoms with Crippen LogP contribution in [0, 0.1) is 5.92 Å². The number of nitrogens with zero attached hydrogens (tertiary/aromatic N) is 3. The minimum atomic E-state index is -0.821. The number of aliphatic carboxylic acids is 1. The Morgan fingerprint density at radius 2 is 1.73 bits per heavy atom. The lowest BCUT2D eigenvalue weighted by Crippen LogP contribution is -2.49. The average molecular weight is 359 g/mol. The molecular formula is C19H25N3O4. The predicted octanol–water partition coefficient (Wildman–Crippen LogP) is 0.246. The van der Waals surface area contributed by atoms with Crippen LogP contribution >= 0.6 is 0 Å². The smallest absolute Gasteiger partial charge is 0.317 e. The van der Waals surface area contributed by atoms with Crippen molar-refractivity contribution in [1.29, 1.82) is 0 Å². The average Bonchev–Trinajstić information content (AvgIpc) is 2.76. The van der Waals surface area contributed by atoms with Gasteiger partial charge >= 0.3 is 5.97 Å². The van der Waals surface area contributed by atoms with E-state index in [-0.39, 0.29) is 24.4 Å². The molecule has 1 aromatic rings. The lowest BCUT2D eigenvalue weighted by atomic mass is 10.1. The third kappa shape index (κ3) is 3.75. The van der Waals surface area contributed by atoms with Gasteiger partial charge in [-0.15, -0.1) is 0 Å². The number of hydrogen-bond donors (Lipinski definition) is 1. The van der Waals surface area contributed by atoms with E-state index in [1.165, 1.54) is 11.1 Å². The fourth-order valence-electron chi connectivity index (χ4n) is 4.36. The van der Waals surface area contributed by atoms with Gasteiger partial charge in [-0.05, 0) is 11.1 Å². The Morgan fingerprint density at radius 1 is 1.00 bits per heavy atom. The first-order valence-corrected chi connectivity index (χ1v) is 9.19. The van der Waals surface area contributed by atoms with E-state index in [1.807, 2.05) is 21.9 Å². The number of carboxylic acids is 1. The highest BCUT2D eigenvalue weighted by atomic mass is 16.5. The summed E-state index contributed by atoms with van der Waals surface area (Å²) >= 11 is 0. The predicted molar refractivity (Wildman–Crippen MR) is 94.4 cm³/mol. The van der Waals surface area contributed by atoms with Crippen molar-refractivity contribution in [2.75, 3.05) is 45.9 Å². The molecule has 7 nitrogen and oxygen atoms in total. The zero-order valence-corrected chi connectivity index (χ0v) is 14.8. The van der Waals surface area contributed by atoms with Gasteiger partial charge in [0.05, 0.1) is 32.3 Å². The zero-order chi connectivity index (χ0) is 18.1. The normalized spacial score (nSPS) is 26.4. The van der Waals surface area contributed by atoms with Crippen LogP contribution in [0.3, 0.4) is 0 Å². The summed E-state index contributed by atoms with van der Waals surface area (Å²) in [7, 11) is 0. The minimum absolute atomic E-state index is 0.0243. The molecular weight excluding hydrogens is 334 g/mol. The van der Waals surface area contributed by atoms with Crippen LogP contribution < -0.4 is 0 Å². The standard InChI is InChI=1S/C19H25N3O4/c23-18(10-21-7-15-3-1-2-4-16(15)8-21)22-6-14-5-20(11-19(24)25)9-17(22)13-26-12-14/h1-4,14,17H,5-13H2,(H,24,25)/t14-,17-/m0/s1. The summed E-state index contributed by atoms with van der Waals surface area (Å²) in [6, 6.07) is 8.25. The van der Waals surface area contributed by atoms with Crippen molar-refractivity contribution >= 4 is 11.9 Å². The second kappa shape index (κ2) is 7.34. The molecule has 1 amide bonds. The molecule has 0 aliphatic carbocycles. The summed E-state index contributed by atoms with van der Waals surface area (Å²) < 4.78 is 5.73. The number of carbonyl (C=O) groups excluding carboxylic acids is 1. The first kappa shape index (κ1) is 17.5. The number of benzene rings is 1. The molecule has 140 valence electrons. The van der Waals surface area contributed by atoms with E-state index in [0.29, 0.717) is 39.4 Å².